The smallest absolute Gasteiger partial charge is 0.410 e. The number of nitrogens with zero attached hydrogens (tertiary/aromatic N) is 2. The van der Waals surface area contributed by atoms with Crippen molar-refractivity contribution in [1.82, 2.24) is 10.3 Å². The van der Waals surface area contributed by atoms with E-state index in [9.17, 15) is 22.8 Å². The fraction of sp³-hybridized carbons (Fsp3) is 0.367. The number of amides is 3. The van der Waals surface area contributed by atoms with Crippen LogP contribution in [0.3, 0.4) is 0 Å². The second kappa shape index (κ2) is 12.4. The van der Waals surface area contributed by atoms with Gasteiger partial charge in [0, 0.05) is 36.0 Å². The van der Waals surface area contributed by atoms with Gasteiger partial charge in [-0.2, -0.15) is 0 Å². The van der Waals surface area contributed by atoms with Gasteiger partial charge in [0.25, 0.3) is 5.91 Å². The molecule has 1 aliphatic rings. The predicted molar refractivity (Wildman–Crippen MR) is 158 cm³/mol. The lowest BCUT2D eigenvalue weighted by Crippen LogP contribution is -2.38. The summed E-state index contributed by atoms with van der Waals surface area (Å²) >= 11 is 0. The van der Waals surface area contributed by atoms with Gasteiger partial charge in [-0.25, -0.2) is 19.1 Å². The molecule has 3 N–H and O–H groups in total. The van der Waals surface area contributed by atoms with Gasteiger partial charge in [-0.05, 0) is 68.7 Å². The molecule has 1 aliphatic heterocycles. The third-order valence-corrected chi connectivity index (χ3v) is 7.57. The summed E-state index contributed by atoms with van der Waals surface area (Å²) in [4.78, 5) is 40.6. The van der Waals surface area contributed by atoms with Gasteiger partial charge in [0.05, 0.1) is 18.8 Å². The number of nitrogens with two attached hydrogens (primary N) is 1. The fourth-order valence-corrected chi connectivity index (χ4v) is 5.09. The highest BCUT2D eigenvalue weighted by Crippen LogP contribution is 2.34. The van der Waals surface area contributed by atoms with Crippen molar-refractivity contribution < 1.29 is 32.0 Å². The Labute approximate surface area is 245 Å². The van der Waals surface area contributed by atoms with E-state index in [4.69, 9.17) is 15.0 Å². The summed E-state index contributed by atoms with van der Waals surface area (Å²) in [6, 6.07) is 16.2. The molecule has 0 atom stereocenters. The molecule has 0 saturated carbocycles. The Morgan fingerprint density at radius 2 is 1.79 bits per heavy atom. The molecule has 11 nitrogen and oxygen atoms in total. The molecular formula is C30H36N4O7S. The first kappa shape index (κ1) is 30.8. The summed E-state index contributed by atoms with van der Waals surface area (Å²) in [7, 11) is -3.31. The van der Waals surface area contributed by atoms with Crippen molar-refractivity contribution in [3.63, 3.8) is 0 Å². The first-order chi connectivity index (χ1) is 19.7. The average Bonchev–Trinajstić information content (AvgIpc) is 3.39. The molecule has 0 unspecified atom stereocenters. The maximum Gasteiger partial charge on any atom is 0.410 e. The Balaban J connectivity index is 1.55. The molecule has 4 rings (SSSR count). The molecule has 0 bridgehead atoms. The lowest BCUT2D eigenvalue weighted by molar-refractivity contribution is -0.119. The number of carbonyl (C=O) groups excluding carboxylic acids is 3. The molecular weight excluding hydrogens is 560 g/mol. The molecule has 0 radical (unpaired) electrons. The Morgan fingerprint density at radius 1 is 1.07 bits per heavy atom. The van der Waals surface area contributed by atoms with E-state index >= 15 is 0 Å². The highest BCUT2D eigenvalue weighted by Gasteiger charge is 2.27. The Hall–Kier alpha value is -4.16. The SMILES string of the molecule is CC(C)(C)OC(=O)N(CCS(C)(=O)=O)Cc1ccc(-c2ccc3c(c2)N(Cc2ccc(C(=O)NN)cc2)C(=O)CC3)o1. The minimum atomic E-state index is -3.31. The van der Waals surface area contributed by atoms with Crippen LogP contribution >= 0.6 is 0 Å². The van der Waals surface area contributed by atoms with Gasteiger partial charge in [0.15, 0.2) is 0 Å². The number of carbonyl (C=O) groups is 3. The number of nitrogen functional groups attached to an aromatic ring is 1. The second-order valence-electron chi connectivity index (χ2n) is 11.3. The molecule has 3 aromatic rings. The molecule has 0 fully saturated rings. The number of furan rings is 1. The molecule has 0 saturated heterocycles. The van der Waals surface area contributed by atoms with Crippen molar-refractivity contribution in [2.45, 2.75) is 52.3 Å². The van der Waals surface area contributed by atoms with Crippen LogP contribution < -0.4 is 16.2 Å². The Bertz CT molecular complexity index is 1570. The molecule has 1 aromatic heterocycles. The van der Waals surface area contributed by atoms with Gasteiger partial charge < -0.3 is 14.1 Å². The van der Waals surface area contributed by atoms with Crippen LogP contribution in [0.15, 0.2) is 59.0 Å². The molecule has 0 spiro atoms. The van der Waals surface area contributed by atoms with Crippen LogP contribution in [0.4, 0.5) is 10.5 Å². The van der Waals surface area contributed by atoms with E-state index in [1.807, 2.05) is 18.2 Å². The van der Waals surface area contributed by atoms with Crippen molar-refractivity contribution in [1.29, 1.82) is 0 Å². The first-order valence-electron chi connectivity index (χ1n) is 13.5. The van der Waals surface area contributed by atoms with Crippen LogP contribution in [-0.4, -0.2) is 55.4 Å². The van der Waals surface area contributed by atoms with E-state index in [2.05, 4.69) is 5.43 Å². The van der Waals surface area contributed by atoms with Crippen molar-refractivity contribution in [3.8, 4) is 11.3 Å². The molecule has 2 aromatic carbocycles. The summed E-state index contributed by atoms with van der Waals surface area (Å²) in [5.41, 5.74) is 5.17. The van der Waals surface area contributed by atoms with Gasteiger partial charge in [0.2, 0.25) is 5.91 Å². The lowest BCUT2D eigenvalue weighted by atomic mass is 9.97. The van der Waals surface area contributed by atoms with Crippen LogP contribution in [0.1, 0.15) is 54.4 Å². The zero-order valence-corrected chi connectivity index (χ0v) is 25.0. The third kappa shape index (κ3) is 7.98. The standard InChI is InChI=1S/C30H36N4O7S/c1-30(2,3)41-29(37)33(15-16-42(4,38)39)19-24-12-13-26(40-24)23-10-9-21-11-14-27(35)34(25(21)17-23)18-20-5-7-22(8-6-20)28(36)32-31/h5-10,12-13,17H,11,14-16,18-19,31H2,1-4H3,(H,32,36). The van der Waals surface area contributed by atoms with E-state index in [0.29, 0.717) is 36.5 Å². The van der Waals surface area contributed by atoms with Crippen LogP contribution in [0.5, 0.6) is 0 Å². The minimum absolute atomic E-state index is 0.0116. The van der Waals surface area contributed by atoms with Crippen LogP contribution in [-0.2, 0) is 38.9 Å². The number of nitrogens with one attached hydrogen (secondary N) is 1. The predicted octanol–water partition coefficient (Wildman–Crippen LogP) is 3.81. The molecule has 3 amide bonds. The number of fused-ring (bicyclic) bond motifs is 1. The van der Waals surface area contributed by atoms with Gasteiger partial charge in [-0.1, -0.05) is 24.3 Å². The summed E-state index contributed by atoms with van der Waals surface area (Å²) in [5, 5.41) is 0. The van der Waals surface area contributed by atoms with Crippen LogP contribution in [0, 0.1) is 0 Å². The maximum absolute atomic E-state index is 13.0. The van der Waals surface area contributed by atoms with E-state index in [0.717, 1.165) is 28.6 Å². The normalized spacial score (nSPS) is 13.5. The zero-order chi connectivity index (χ0) is 30.7. The quantitative estimate of drug-likeness (QED) is 0.215. The molecule has 224 valence electrons. The number of anilines is 1. The Morgan fingerprint density at radius 3 is 2.43 bits per heavy atom. The highest BCUT2D eigenvalue weighted by atomic mass is 32.2. The van der Waals surface area contributed by atoms with Crippen molar-refractivity contribution in [2.24, 2.45) is 5.84 Å². The third-order valence-electron chi connectivity index (χ3n) is 6.65. The van der Waals surface area contributed by atoms with Gasteiger partial charge in [0.1, 0.15) is 27.0 Å². The number of hydrazine groups is 1. The number of rotatable bonds is 9. The minimum Gasteiger partial charge on any atom is -0.459 e. The summed E-state index contributed by atoms with van der Waals surface area (Å²) < 4.78 is 35.1. The second-order valence-corrected chi connectivity index (χ2v) is 13.6. The number of benzene rings is 2. The number of sulfone groups is 1. The van der Waals surface area contributed by atoms with E-state index < -0.39 is 27.4 Å². The molecule has 12 heteroatoms. The molecule has 2 heterocycles. The summed E-state index contributed by atoms with van der Waals surface area (Å²) in [6.07, 6.45) is 1.49. The van der Waals surface area contributed by atoms with Crippen molar-refractivity contribution in [3.05, 3.63) is 77.0 Å². The van der Waals surface area contributed by atoms with E-state index in [-0.39, 0.29) is 24.7 Å². The Kier molecular flexibility index (Phi) is 9.07. The van der Waals surface area contributed by atoms with Crippen molar-refractivity contribution in [2.75, 3.05) is 23.5 Å². The number of hydrogen-bond acceptors (Lipinski definition) is 8. The van der Waals surface area contributed by atoms with E-state index in [1.165, 1.54) is 4.90 Å². The van der Waals surface area contributed by atoms with Crippen molar-refractivity contribution >= 4 is 33.4 Å². The van der Waals surface area contributed by atoms with E-state index in [1.54, 1.807) is 62.1 Å². The van der Waals surface area contributed by atoms with Gasteiger partial charge >= 0.3 is 6.09 Å². The van der Waals surface area contributed by atoms with Gasteiger partial charge in [-0.3, -0.25) is 19.9 Å². The highest BCUT2D eigenvalue weighted by molar-refractivity contribution is 7.90. The molecule has 0 aliphatic carbocycles. The monoisotopic (exact) mass is 596 g/mol. The largest absolute Gasteiger partial charge is 0.459 e. The summed E-state index contributed by atoms with van der Waals surface area (Å²) in [6.45, 7) is 5.53. The zero-order valence-electron chi connectivity index (χ0n) is 24.2. The number of hydrogen-bond donors (Lipinski definition) is 2. The van der Waals surface area contributed by atoms with Crippen LogP contribution in [0.25, 0.3) is 11.3 Å². The topological polar surface area (TPSA) is 152 Å². The fourth-order valence-electron chi connectivity index (χ4n) is 4.54. The lowest BCUT2D eigenvalue weighted by Gasteiger charge is -2.30. The number of ether oxygens (including phenoxy) is 1. The maximum atomic E-state index is 13.0. The first-order valence-corrected chi connectivity index (χ1v) is 15.6. The summed E-state index contributed by atoms with van der Waals surface area (Å²) in [5.74, 6) is 5.58. The average molecular weight is 597 g/mol. The molecule has 42 heavy (non-hydrogen) atoms. The number of aryl methyl sites for hydroxylation is 1. The van der Waals surface area contributed by atoms with Gasteiger partial charge in [-0.15, -0.1) is 0 Å². The van der Waals surface area contributed by atoms with Crippen LogP contribution in [0.2, 0.25) is 0 Å².